The van der Waals surface area contributed by atoms with Crippen molar-refractivity contribution >= 4 is 11.8 Å². The first-order valence-corrected chi connectivity index (χ1v) is 8.69. The van der Waals surface area contributed by atoms with Crippen molar-refractivity contribution in [3.8, 4) is 17.1 Å². The predicted octanol–water partition coefficient (Wildman–Crippen LogP) is 3.17. The van der Waals surface area contributed by atoms with Crippen LogP contribution in [0, 0.1) is 0 Å². The lowest BCUT2D eigenvalue weighted by Crippen LogP contribution is -2.14. The highest BCUT2D eigenvalue weighted by molar-refractivity contribution is 5.94. The van der Waals surface area contributed by atoms with Crippen LogP contribution in [0.15, 0.2) is 30.5 Å². The average Bonchev–Trinajstić information content (AvgIpc) is 2.68. The van der Waals surface area contributed by atoms with Crippen LogP contribution in [-0.4, -0.2) is 49.4 Å². The van der Waals surface area contributed by atoms with E-state index in [1.807, 2.05) is 31.2 Å². The lowest BCUT2D eigenvalue weighted by Gasteiger charge is -2.12. The lowest BCUT2D eigenvalue weighted by atomic mass is 10.2. The Morgan fingerprint density at radius 2 is 1.92 bits per heavy atom. The zero-order valence-electron chi connectivity index (χ0n) is 15.4. The number of hydrogen-bond acceptors (Lipinski definition) is 7. The first-order valence-electron chi connectivity index (χ1n) is 8.69. The standard InChI is InChI=1S/C19H25N3O4/c1-4-25-12-6-11-20-18-16(19(23)26-5-2)13-21-17(22-18)14-7-9-15(24-3)10-8-14/h7-10,13H,4-6,11-12H2,1-3H3,(H,20,21,22). The summed E-state index contributed by atoms with van der Waals surface area (Å²) in [6.07, 6.45) is 2.30. The van der Waals surface area contributed by atoms with Crippen molar-refractivity contribution in [3.05, 3.63) is 36.0 Å². The van der Waals surface area contributed by atoms with Crippen molar-refractivity contribution in [2.24, 2.45) is 0 Å². The van der Waals surface area contributed by atoms with Crippen LogP contribution in [0.3, 0.4) is 0 Å². The van der Waals surface area contributed by atoms with Crippen LogP contribution in [0.5, 0.6) is 5.75 Å². The molecule has 0 amide bonds. The molecule has 0 spiro atoms. The summed E-state index contributed by atoms with van der Waals surface area (Å²) >= 11 is 0. The maximum absolute atomic E-state index is 12.1. The van der Waals surface area contributed by atoms with Gasteiger partial charge in [0.05, 0.1) is 13.7 Å². The molecule has 0 aliphatic rings. The van der Waals surface area contributed by atoms with Crippen LogP contribution >= 0.6 is 0 Å². The minimum atomic E-state index is -0.443. The smallest absolute Gasteiger partial charge is 0.343 e. The van der Waals surface area contributed by atoms with Gasteiger partial charge in [-0.2, -0.15) is 0 Å². The molecular formula is C19H25N3O4. The van der Waals surface area contributed by atoms with Crippen LogP contribution < -0.4 is 10.1 Å². The Kier molecular flexibility index (Phi) is 7.82. The zero-order chi connectivity index (χ0) is 18.8. The Morgan fingerprint density at radius 3 is 2.58 bits per heavy atom. The summed E-state index contributed by atoms with van der Waals surface area (Å²) in [5.41, 5.74) is 1.15. The van der Waals surface area contributed by atoms with Crippen LogP contribution in [-0.2, 0) is 9.47 Å². The summed E-state index contributed by atoms with van der Waals surface area (Å²) in [4.78, 5) is 21.0. The van der Waals surface area contributed by atoms with E-state index >= 15 is 0 Å². The molecule has 0 aliphatic heterocycles. The summed E-state index contributed by atoms with van der Waals surface area (Å²) in [7, 11) is 1.62. The number of nitrogens with one attached hydrogen (secondary N) is 1. The number of nitrogens with zero attached hydrogens (tertiary/aromatic N) is 2. The minimum Gasteiger partial charge on any atom is -0.497 e. The van der Waals surface area contributed by atoms with E-state index in [0.29, 0.717) is 43.6 Å². The number of carbonyl (C=O) groups is 1. The van der Waals surface area contributed by atoms with Crippen molar-refractivity contribution < 1.29 is 19.0 Å². The Labute approximate surface area is 153 Å². The number of aromatic nitrogens is 2. The second-order valence-corrected chi connectivity index (χ2v) is 5.38. The molecular weight excluding hydrogens is 334 g/mol. The van der Waals surface area contributed by atoms with Crippen molar-refractivity contribution in [3.63, 3.8) is 0 Å². The second kappa shape index (κ2) is 10.4. The van der Waals surface area contributed by atoms with Crippen LogP contribution in [0.2, 0.25) is 0 Å². The summed E-state index contributed by atoms with van der Waals surface area (Å²) in [6.45, 7) is 5.98. The third-order valence-corrected chi connectivity index (χ3v) is 3.59. The molecule has 0 radical (unpaired) electrons. The van der Waals surface area contributed by atoms with Gasteiger partial charge in [-0.15, -0.1) is 0 Å². The molecule has 1 N–H and O–H groups in total. The van der Waals surface area contributed by atoms with E-state index in [0.717, 1.165) is 17.7 Å². The number of rotatable bonds is 10. The summed E-state index contributed by atoms with van der Waals surface area (Å²) in [5, 5.41) is 3.19. The monoisotopic (exact) mass is 359 g/mol. The second-order valence-electron chi connectivity index (χ2n) is 5.38. The molecule has 0 saturated heterocycles. The van der Waals surface area contributed by atoms with E-state index in [4.69, 9.17) is 14.2 Å². The molecule has 0 fully saturated rings. The molecule has 0 unspecified atom stereocenters. The van der Waals surface area contributed by atoms with E-state index in [1.54, 1.807) is 14.0 Å². The van der Waals surface area contributed by atoms with Gasteiger partial charge >= 0.3 is 5.97 Å². The summed E-state index contributed by atoms with van der Waals surface area (Å²) in [5.74, 6) is 1.29. The van der Waals surface area contributed by atoms with Crippen molar-refractivity contribution in [1.82, 2.24) is 9.97 Å². The Morgan fingerprint density at radius 1 is 1.15 bits per heavy atom. The van der Waals surface area contributed by atoms with Crippen molar-refractivity contribution in [2.45, 2.75) is 20.3 Å². The van der Waals surface area contributed by atoms with Crippen molar-refractivity contribution in [2.75, 3.05) is 38.8 Å². The van der Waals surface area contributed by atoms with E-state index in [9.17, 15) is 4.79 Å². The first-order chi connectivity index (χ1) is 12.7. The molecule has 0 atom stereocenters. The highest BCUT2D eigenvalue weighted by atomic mass is 16.5. The highest BCUT2D eigenvalue weighted by Crippen LogP contribution is 2.22. The Balaban J connectivity index is 2.22. The van der Waals surface area contributed by atoms with Gasteiger partial charge in [0.1, 0.15) is 17.1 Å². The molecule has 1 heterocycles. The number of carbonyl (C=O) groups excluding carboxylic acids is 1. The number of ether oxygens (including phenoxy) is 3. The highest BCUT2D eigenvalue weighted by Gasteiger charge is 2.16. The first kappa shape index (κ1) is 19.7. The molecule has 1 aromatic heterocycles. The fraction of sp³-hybridized carbons (Fsp3) is 0.421. The summed E-state index contributed by atoms with van der Waals surface area (Å²) in [6, 6.07) is 7.43. The topological polar surface area (TPSA) is 82.6 Å². The Hall–Kier alpha value is -2.67. The number of hydrogen-bond donors (Lipinski definition) is 1. The van der Waals surface area contributed by atoms with Crippen LogP contribution in [0.1, 0.15) is 30.6 Å². The van der Waals surface area contributed by atoms with Crippen LogP contribution in [0.4, 0.5) is 5.82 Å². The van der Waals surface area contributed by atoms with E-state index in [-0.39, 0.29) is 0 Å². The van der Waals surface area contributed by atoms with E-state index in [1.165, 1.54) is 6.20 Å². The van der Waals surface area contributed by atoms with Crippen LogP contribution in [0.25, 0.3) is 11.4 Å². The predicted molar refractivity (Wildman–Crippen MR) is 99.6 cm³/mol. The van der Waals surface area contributed by atoms with Gasteiger partial charge in [0, 0.05) is 31.5 Å². The van der Waals surface area contributed by atoms with Gasteiger partial charge in [-0.3, -0.25) is 0 Å². The number of esters is 1. The quantitative estimate of drug-likeness (QED) is 0.515. The maximum Gasteiger partial charge on any atom is 0.343 e. The third kappa shape index (κ3) is 5.42. The molecule has 0 bridgehead atoms. The van der Waals surface area contributed by atoms with Gasteiger partial charge < -0.3 is 19.5 Å². The van der Waals surface area contributed by atoms with Gasteiger partial charge in [0.15, 0.2) is 5.82 Å². The van der Waals surface area contributed by atoms with Crippen molar-refractivity contribution in [1.29, 1.82) is 0 Å². The minimum absolute atomic E-state index is 0.294. The van der Waals surface area contributed by atoms with Gasteiger partial charge in [-0.05, 0) is 44.5 Å². The van der Waals surface area contributed by atoms with Gasteiger partial charge in [0.25, 0.3) is 0 Å². The average molecular weight is 359 g/mol. The molecule has 7 heteroatoms. The fourth-order valence-electron chi connectivity index (χ4n) is 2.28. The van der Waals surface area contributed by atoms with Gasteiger partial charge in [-0.1, -0.05) is 0 Å². The fourth-order valence-corrected chi connectivity index (χ4v) is 2.28. The molecule has 2 rings (SSSR count). The SMILES string of the molecule is CCOCCCNc1nc(-c2ccc(OC)cc2)ncc1C(=O)OCC. The largest absolute Gasteiger partial charge is 0.497 e. The molecule has 7 nitrogen and oxygen atoms in total. The van der Waals surface area contributed by atoms with E-state index in [2.05, 4.69) is 15.3 Å². The number of benzene rings is 1. The number of methoxy groups -OCH3 is 1. The van der Waals surface area contributed by atoms with Gasteiger partial charge in [0.2, 0.25) is 0 Å². The molecule has 0 saturated carbocycles. The molecule has 1 aromatic carbocycles. The third-order valence-electron chi connectivity index (χ3n) is 3.59. The Bertz CT molecular complexity index is 704. The molecule has 2 aromatic rings. The maximum atomic E-state index is 12.1. The van der Waals surface area contributed by atoms with E-state index < -0.39 is 5.97 Å². The normalized spacial score (nSPS) is 10.4. The molecule has 0 aliphatic carbocycles. The number of anilines is 1. The zero-order valence-corrected chi connectivity index (χ0v) is 15.4. The molecule has 140 valence electrons. The summed E-state index contributed by atoms with van der Waals surface area (Å²) < 4.78 is 15.6. The lowest BCUT2D eigenvalue weighted by molar-refractivity contribution is 0.0526. The van der Waals surface area contributed by atoms with Gasteiger partial charge in [-0.25, -0.2) is 14.8 Å². The molecule has 26 heavy (non-hydrogen) atoms.